The van der Waals surface area contributed by atoms with Gasteiger partial charge in [-0.1, -0.05) is 12.1 Å². The fourth-order valence-corrected chi connectivity index (χ4v) is 2.39. The zero-order valence-corrected chi connectivity index (χ0v) is 13.3. The van der Waals surface area contributed by atoms with Crippen LogP contribution >= 0.6 is 11.3 Å². The molecule has 0 radical (unpaired) electrons. The van der Waals surface area contributed by atoms with Crippen LogP contribution in [0.25, 0.3) is 5.76 Å². The Morgan fingerprint density at radius 2 is 1.73 bits per heavy atom. The number of Topliss-reactive ketones (excluding diaryl/α,β-unsaturated/α-hetero) is 1. The lowest BCUT2D eigenvalue weighted by molar-refractivity contribution is -0.166. The van der Waals surface area contributed by atoms with E-state index in [1.54, 1.807) is 0 Å². The number of carbonyl (C=O) groups is 1. The van der Waals surface area contributed by atoms with Crippen molar-refractivity contribution < 1.29 is 36.2 Å². The lowest BCUT2D eigenvalue weighted by Gasteiger charge is -2.08. The van der Waals surface area contributed by atoms with Crippen LogP contribution in [0.5, 0.6) is 0 Å². The zero-order valence-electron chi connectivity index (χ0n) is 12.5. The van der Waals surface area contributed by atoms with Gasteiger partial charge in [0, 0.05) is 0 Å². The molecule has 4 nitrogen and oxygen atoms in total. The first-order chi connectivity index (χ1) is 12.0. The summed E-state index contributed by atoms with van der Waals surface area (Å²) < 4.78 is 76.0. The highest BCUT2D eigenvalue weighted by Crippen LogP contribution is 2.33. The Labute approximate surface area is 146 Å². The molecular weight excluding hydrogens is 386 g/mol. The second-order valence-corrected chi connectivity index (χ2v) is 5.70. The summed E-state index contributed by atoms with van der Waals surface area (Å²) in [6.07, 6.45) is -10.0. The SMILES string of the molecule is O=C(/C(N=Nc1cccc(C(F)(F)F)c1)=C(/O)c1cccs1)C(F)(F)F. The van der Waals surface area contributed by atoms with Gasteiger partial charge >= 0.3 is 12.4 Å². The van der Waals surface area contributed by atoms with E-state index in [0.29, 0.717) is 6.07 Å². The van der Waals surface area contributed by atoms with Crippen molar-refractivity contribution in [2.24, 2.45) is 10.2 Å². The van der Waals surface area contributed by atoms with Crippen LogP contribution in [0.2, 0.25) is 0 Å². The second kappa shape index (κ2) is 7.28. The Hall–Kier alpha value is -2.69. The van der Waals surface area contributed by atoms with E-state index < -0.39 is 40.8 Å². The molecule has 0 aliphatic carbocycles. The molecule has 0 unspecified atom stereocenters. The van der Waals surface area contributed by atoms with Gasteiger partial charge in [0.05, 0.1) is 16.1 Å². The molecule has 0 aliphatic heterocycles. The lowest BCUT2D eigenvalue weighted by Crippen LogP contribution is -2.24. The van der Waals surface area contributed by atoms with E-state index in [9.17, 15) is 36.2 Å². The number of alkyl halides is 6. The van der Waals surface area contributed by atoms with Crippen LogP contribution in [-0.2, 0) is 11.0 Å². The van der Waals surface area contributed by atoms with Gasteiger partial charge in [-0.05, 0) is 29.6 Å². The Kier molecular flexibility index (Phi) is 5.50. The monoisotopic (exact) mass is 394 g/mol. The number of ketones is 1. The Bertz CT molecular complexity index is 854. The predicted octanol–water partition coefficient (Wildman–Crippen LogP) is 5.91. The molecule has 0 bridgehead atoms. The quantitative estimate of drug-likeness (QED) is 0.303. The molecule has 0 fully saturated rings. The van der Waals surface area contributed by atoms with Gasteiger partial charge in [0.25, 0.3) is 5.78 Å². The Morgan fingerprint density at radius 3 is 2.27 bits per heavy atom. The third-order valence-corrected chi connectivity index (χ3v) is 3.77. The molecule has 2 aromatic rings. The summed E-state index contributed by atoms with van der Waals surface area (Å²) >= 11 is 0.837. The summed E-state index contributed by atoms with van der Waals surface area (Å²) in [6, 6.07) is 5.96. The van der Waals surface area contributed by atoms with Crippen LogP contribution in [0.4, 0.5) is 32.0 Å². The van der Waals surface area contributed by atoms with Crippen molar-refractivity contribution >= 4 is 28.6 Å². The van der Waals surface area contributed by atoms with Crippen LogP contribution in [-0.4, -0.2) is 17.1 Å². The maximum atomic E-state index is 12.7. The molecule has 1 aromatic carbocycles. The normalized spacial score (nSPS) is 13.8. The van der Waals surface area contributed by atoms with Crippen LogP contribution in [0.3, 0.4) is 0 Å². The number of nitrogens with zero attached hydrogens (tertiary/aromatic N) is 2. The molecule has 0 saturated heterocycles. The summed E-state index contributed by atoms with van der Waals surface area (Å²) in [4.78, 5) is 11.4. The average Bonchev–Trinajstić information content (AvgIpc) is 3.07. The smallest absolute Gasteiger partial charge is 0.456 e. The summed E-state index contributed by atoms with van der Waals surface area (Å²) in [5.41, 5.74) is -2.95. The maximum absolute atomic E-state index is 12.7. The van der Waals surface area contributed by atoms with Crippen LogP contribution in [0.1, 0.15) is 10.4 Å². The third kappa shape index (κ3) is 4.69. The second-order valence-electron chi connectivity index (χ2n) is 4.75. The molecule has 11 heteroatoms. The highest BCUT2D eigenvalue weighted by molar-refractivity contribution is 7.11. The number of aliphatic hydroxyl groups excluding tert-OH is 1. The number of carbonyl (C=O) groups excluding carboxylic acids is 1. The number of azo groups is 1. The maximum Gasteiger partial charge on any atom is 0.456 e. The molecule has 0 saturated carbocycles. The fourth-order valence-electron chi connectivity index (χ4n) is 1.72. The summed E-state index contributed by atoms with van der Waals surface area (Å²) in [6.45, 7) is 0. The summed E-state index contributed by atoms with van der Waals surface area (Å²) in [5.74, 6) is -3.54. The van der Waals surface area contributed by atoms with E-state index in [-0.39, 0.29) is 4.88 Å². The first-order valence-electron chi connectivity index (χ1n) is 6.68. The largest absolute Gasteiger partial charge is 0.504 e. The Morgan fingerprint density at radius 1 is 1.04 bits per heavy atom. The highest BCUT2D eigenvalue weighted by Gasteiger charge is 2.43. The fraction of sp³-hybridized carbons (Fsp3) is 0.133. The molecule has 138 valence electrons. The van der Waals surface area contributed by atoms with Crippen molar-refractivity contribution in [2.75, 3.05) is 0 Å². The molecule has 1 heterocycles. The Balaban J connectivity index is 2.47. The van der Waals surface area contributed by atoms with Crippen molar-refractivity contribution in [2.45, 2.75) is 12.4 Å². The summed E-state index contributed by atoms with van der Waals surface area (Å²) in [7, 11) is 0. The molecule has 0 aliphatic rings. The molecule has 26 heavy (non-hydrogen) atoms. The standard InChI is InChI=1S/C15H8F6N2O2S/c16-14(17,18)8-3-1-4-9(7-8)22-23-11(13(25)15(19,20)21)12(24)10-5-2-6-26-10/h1-7,24H/b12-11-,23-22?. The van der Waals surface area contributed by atoms with Crippen molar-refractivity contribution in [3.05, 3.63) is 57.9 Å². The van der Waals surface area contributed by atoms with Gasteiger partial charge in [0.1, 0.15) is 0 Å². The van der Waals surface area contributed by atoms with Gasteiger partial charge < -0.3 is 5.11 Å². The van der Waals surface area contributed by atoms with E-state index in [4.69, 9.17) is 0 Å². The minimum Gasteiger partial charge on any atom is -0.504 e. The summed E-state index contributed by atoms with van der Waals surface area (Å²) in [5, 5.41) is 17.6. The van der Waals surface area contributed by atoms with Gasteiger partial charge in [0.2, 0.25) is 0 Å². The number of rotatable bonds is 4. The molecular formula is C15H8F6N2O2S. The van der Waals surface area contributed by atoms with Gasteiger partial charge in [-0.2, -0.15) is 31.5 Å². The van der Waals surface area contributed by atoms with Crippen molar-refractivity contribution in [1.29, 1.82) is 0 Å². The number of hydrogen-bond donors (Lipinski definition) is 1. The van der Waals surface area contributed by atoms with Crippen LogP contribution < -0.4 is 0 Å². The molecule has 0 atom stereocenters. The van der Waals surface area contributed by atoms with Gasteiger partial charge in [0.15, 0.2) is 11.5 Å². The van der Waals surface area contributed by atoms with E-state index in [2.05, 4.69) is 10.2 Å². The number of thiophene rings is 1. The van der Waals surface area contributed by atoms with Crippen LogP contribution in [0, 0.1) is 0 Å². The van der Waals surface area contributed by atoms with Crippen molar-refractivity contribution in [1.82, 2.24) is 0 Å². The number of hydrogen-bond acceptors (Lipinski definition) is 5. The van der Waals surface area contributed by atoms with E-state index in [0.717, 1.165) is 29.5 Å². The van der Waals surface area contributed by atoms with Crippen molar-refractivity contribution in [3.63, 3.8) is 0 Å². The van der Waals surface area contributed by atoms with E-state index >= 15 is 0 Å². The molecule has 1 aromatic heterocycles. The topological polar surface area (TPSA) is 62.0 Å². The van der Waals surface area contributed by atoms with Crippen LogP contribution in [0.15, 0.2) is 57.7 Å². The zero-order chi connectivity index (χ0) is 19.5. The number of halogens is 6. The minimum absolute atomic E-state index is 0.0828. The van der Waals surface area contributed by atoms with Gasteiger partial charge in [-0.3, -0.25) is 4.79 Å². The van der Waals surface area contributed by atoms with Gasteiger partial charge in [-0.25, -0.2) is 0 Å². The van der Waals surface area contributed by atoms with Gasteiger partial charge in [-0.15, -0.1) is 16.5 Å². The third-order valence-electron chi connectivity index (χ3n) is 2.89. The van der Waals surface area contributed by atoms with E-state index in [1.165, 1.54) is 17.5 Å². The lowest BCUT2D eigenvalue weighted by atomic mass is 10.2. The molecule has 0 spiro atoms. The molecule has 0 amide bonds. The highest BCUT2D eigenvalue weighted by atomic mass is 32.1. The predicted molar refractivity (Wildman–Crippen MR) is 80.9 cm³/mol. The van der Waals surface area contributed by atoms with Crippen molar-refractivity contribution in [3.8, 4) is 0 Å². The molecule has 2 rings (SSSR count). The number of aliphatic hydroxyl groups is 1. The number of benzene rings is 1. The van der Waals surface area contributed by atoms with E-state index in [1.807, 2.05) is 0 Å². The minimum atomic E-state index is -5.35. The first-order valence-corrected chi connectivity index (χ1v) is 7.56. The molecule has 1 N–H and O–H groups in total. The number of allylic oxidation sites excluding steroid dienone is 1. The average molecular weight is 394 g/mol. The first kappa shape index (κ1) is 19.6.